The number of alkyl halides is 3. The van der Waals surface area contributed by atoms with Gasteiger partial charge < -0.3 is 15.3 Å². The van der Waals surface area contributed by atoms with Crippen molar-refractivity contribution in [1.82, 2.24) is 15.1 Å². The Balaban J connectivity index is 2.20. The van der Waals surface area contributed by atoms with Gasteiger partial charge in [-0.05, 0) is 6.42 Å². The summed E-state index contributed by atoms with van der Waals surface area (Å²) in [5, 5.41) is 11.0. The third kappa shape index (κ3) is 6.60. The highest BCUT2D eigenvalue weighted by atomic mass is 19.4. The zero-order valence-electron chi connectivity index (χ0n) is 10.9. The minimum Gasteiger partial charge on any atom is -0.481 e. The Hall–Kier alpha value is -1.51. The lowest BCUT2D eigenvalue weighted by Crippen LogP contribution is -2.53. The molecule has 9 heteroatoms. The number of carboxylic acids is 1. The Morgan fingerprint density at radius 2 is 1.75 bits per heavy atom. The molecule has 1 heterocycles. The molecule has 1 rings (SSSR count). The standard InChI is InChI=1S/C11H18F3N3O3/c12-11(13,14)8-16-4-6-17(7-5-16)10(20)15-3-1-2-9(18)19/h1-8H2,(H,15,20)(H,18,19). The molecule has 0 saturated carbocycles. The molecule has 2 amide bonds. The van der Waals surface area contributed by atoms with Crippen molar-refractivity contribution in [1.29, 1.82) is 0 Å². The van der Waals surface area contributed by atoms with Crippen molar-refractivity contribution in [3.63, 3.8) is 0 Å². The van der Waals surface area contributed by atoms with E-state index in [2.05, 4.69) is 5.32 Å². The lowest BCUT2D eigenvalue weighted by atomic mass is 10.3. The Morgan fingerprint density at radius 1 is 1.15 bits per heavy atom. The summed E-state index contributed by atoms with van der Waals surface area (Å²) in [6.07, 6.45) is -3.92. The molecule has 116 valence electrons. The van der Waals surface area contributed by atoms with Crippen molar-refractivity contribution in [2.24, 2.45) is 0 Å². The van der Waals surface area contributed by atoms with E-state index in [4.69, 9.17) is 5.11 Å². The largest absolute Gasteiger partial charge is 0.481 e. The van der Waals surface area contributed by atoms with Gasteiger partial charge in [-0.25, -0.2) is 4.79 Å². The van der Waals surface area contributed by atoms with Gasteiger partial charge in [0.1, 0.15) is 0 Å². The van der Waals surface area contributed by atoms with Crippen LogP contribution in [0.1, 0.15) is 12.8 Å². The Kier molecular flexibility index (Phi) is 6.05. The van der Waals surface area contributed by atoms with Gasteiger partial charge in [0.15, 0.2) is 0 Å². The van der Waals surface area contributed by atoms with Gasteiger partial charge in [0.05, 0.1) is 6.54 Å². The number of nitrogens with zero attached hydrogens (tertiary/aromatic N) is 2. The first-order valence-corrected chi connectivity index (χ1v) is 6.31. The maximum atomic E-state index is 12.2. The number of nitrogens with one attached hydrogen (secondary N) is 1. The van der Waals surface area contributed by atoms with Crippen LogP contribution in [-0.4, -0.2) is 72.4 Å². The average Bonchev–Trinajstić information content (AvgIpc) is 2.33. The normalized spacial score (nSPS) is 17.1. The summed E-state index contributed by atoms with van der Waals surface area (Å²) in [7, 11) is 0. The number of carboxylic acid groups (broad SMARTS) is 1. The average molecular weight is 297 g/mol. The number of hydrogen-bond donors (Lipinski definition) is 2. The maximum Gasteiger partial charge on any atom is 0.401 e. The van der Waals surface area contributed by atoms with E-state index < -0.39 is 18.7 Å². The molecule has 0 radical (unpaired) electrons. The minimum atomic E-state index is -4.22. The number of rotatable bonds is 5. The molecule has 0 unspecified atom stereocenters. The molecule has 0 atom stereocenters. The van der Waals surface area contributed by atoms with Crippen LogP contribution in [0.2, 0.25) is 0 Å². The van der Waals surface area contributed by atoms with Crippen LogP contribution in [0.3, 0.4) is 0 Å². The van der Waals surface area contributed by atoms with Gasteiger partial charge in [-0.15, -0.1) is 0 Å². The van der Waals surface area contributed by atoms with Gasteiger partial charge in [0.25, 0.3) is 0 Å². The van der Waals surface area contributed by atoms with Crippen LogP contribution < -0.4 is 5.32 Å². The van der Waals surface area contributed by atoms with Crippen LogP contribution in [0, 0.1) is 0 Å². The van der Waals surface area contributed by atoms with Crippen molar-refractivity contribution in [3.05, 3.63) is 0 Å². The van der Waals surface area contributed by atoms with Gasteiger partial charge in [-0.3, -0.25) is 9.69 Å². The Bertz CT molecular complexity index is 342. The lowest BCUT2D eigenvalue weighted by Gasteiger charge is -2.34. The molecule has 2 N–H and O–H groups in total. The van der Waals surface area contributed by atoms with Gasteiger partial charge in [-0.1, -0.05) is 0 Å². The molecule has 1 saturated heterocycles. The minimum absolute atomic E-state index is 0.0281. The van der Waals surface area contributed by atoms with E-state index in [1.165, 1.54) is 9.80 Å². The summed E-state index contributed by atoms with van der Waals surface area (Å²) < 4.78 is 36.6. The zero-order valence-corrected chi connectivity index (χ0v) is 10.9. The predicted octanol–water partition coefficient (Wildman–Crippen LogP) is 0.741. The molecule has 0 aliphatic carbocycles. The van der Waals surface area contributed by atoms with Crippen LogP contribution in [0.15, 0.2) is 0 Å². The fourth-order valence-corrected chi connectivity index (χ4v) is 1.91. The summed E-state index contributed by atoms with van der Waals surface area (Å²) in [4.78, 5) is 24.6. The SMILES string of the molecule is O=C(O)CCCNC(=O)N1CCN(CC(F)(F)F)CC1. The first-order chi connectivity index (χ1) is 9.28. The number of aliphatic carboxylic acids is 1. The van der Waals surface area contributed by atoms with E-state index in [-0.39, 0.29) is 45.2 Å². The number of carbonyl (C=O) groups excluding carboxylic acids is 1. The highest BCUT2D eigenvalue weighted by Crippen LogP contribution is 2.17. The molecular weight excluding hydrogens is 279 g/mol. The molecule has 6 nitrogen and oxygen atoms in total. The number of carbonyl (C=O) groups is 2. The molecule has 0 bridgehead atoms. The quantitative estimate of drug-likeness (QED) is 0.734. The summed E-state index contributed by atoms with van der Waals surface area (Å²) in [5.74, 6) is -0.931. The zero-order chi connectivity index (χ0) is 15.2. The Labute approximate surface area is 114 Å². The molecule has 20 heavy (non-hydrogen) atoms. The van der Waals surface area contributed by atoms with Crippen molar-refractivity contribution in [2.45, 2.75) is 19.0 Å². The van der Waals surface area contributed by atoms with E-state index in [0.717, 1.165) is 0 Å². The third-order valence-corrected chi connectivity index (χ3v) is 2.91. The number of piperazine rings is 1. The number of halogens is 3. The highest BCUT2D eigenvalue weighted by Gasteiger charge is 2.32. The molecule has 0 spiro atoms. The van der Waals surface area contributed by atoms with Gasteiger partial charge in [-0.2, -0.15) is 13.2 Å². The molecule has 0 aromatic rings. The van der Waals surface area contributed by atoms with Crippen molar-refractivity contribution >= 4 is 12.0 Å². The first-order valence-electron chi connectivity index (χ1n) is 6.31. The molecular formula is C11H18F3N3O3. The highest BCUT2D eigenvalue weighted by molar-refractivity contribution is 5.74. The second kappa shape index (κ2) is 7.32. The molecule has 0 aromatic carbocycles. The predicted molar refractivity (Wildman–Crippen MR) is 64.3 cm³/mol. The van der Waals surface area contributed by atoms with Crippen LogP contribution >= 0.6 is 0 Å². The molecule has 0 aromatic heterocycles. The summed E-state index contributed by atoms with van der Waals surface area (Å²) in [6, 6.07) is -0.359. The molecule has 1 aliphatic heterocycles. The van der Waals surface area contributed by atoms with Gasteiger partial charge in [0, 0.05) is 39.1 Å². The maximum absolute atomic E-state index is 12.2. The second-order valence-corrected chi connectivity index (χ2v) is 4.61. The van der Waals surface area contributed by atoms with Crippen LogP contribution in [0.5, 0.6) is 0 Å². The monoisotopic (exact) mass is 297 g/mol. The van der Waals surface area contributed by atoms with Gasteiger partial charge >= 0.3 is 18.2 Å². The summed E-state index contributed by atoms with van der Waals surface area (Å²) in [6.45, 7) is 0.126. The summed E-state index contributed by atoms with van der Waals surface area (Å²) >= 11 is 0. The van der Waals surface area contributed by atoms with E-state index in [0.29, 0.717) is 6.42 Å². The summed E-state index contributed by atoms with van der Waals surface area (Å²) in [5.41, 5.74) is 0. The van der Waals surface area contributed by atoms with Gasteiger partial charge in [0.2, 0.25) is 0 Å². The fraction of sp³-hybridized carbons (Fsp3) is 0.818. The molecule has 1 aliphatic rings. The topological polar surface area (TPSA) is 72.9 Å². The first kappa shape index (κ1) is 16.5. The van der Waals surface area contributed by atoms with E-state index in [1.54, 1.807) is 0 Å². The van der Waals surface area contributed by atoms with Crippen LogP contribution in [0.4, 0.5) is 18.0 Å². The number of urea groups is 1. The van der Waals surface area contributed by atoms with Crippen molar-refractivity contribution < 1.29 is 27.9 Å². The third-order valence-electron chi connectivity index (χ3n) is 2.91. The van der Waals surface area contributed by atoms with E-state index in [1.807, 2.05) is 0 Å². The Morgan fingerprint density at radius 3 is 2.25 bits per heavy atom. The fourth-order valence-electron chi connectivity index (χ4n) is 1.91. The van der Waals surface area contributed by atoms with E-state index >= 15 is 0 Å². The van der Waals surface area contributed by atoms with E-state index in [9.17, 15) is 22.8 Å². The van der Waals surface area contributed by atoms with Crippen LogP contribution in [0.25, 0.3) is 0 Å². The smallest absolute Gasteiger partial charge is 0.401 e. The van der Waals surface area contributed by atoms with Crippen molar-refractivity contribution in [3.8, 4) is 0 Å². The van der Waals surface area contributed by atoms with Crippen LogP contribution in [-0.2, 0) is 4.79 Å². The lowest BCUT2D eigenvalue weighted by molar-refractivity contribution is -0.148. The second-order valence-electron chi connectivity index (χ2n) is 4.61. The number of amides is 2. The number of hydrogen-bond acceptors (Lipinski definition) is 3. The molecule has 1 fully saturated rings. The van der Waals surface area contributed by atoms with Crippen molar-refractivity contribution in [2.75, 3.05) is 39.3 Å².